The second-order valence-electron chi connectivity index (χ2n) is 4.16. The third kappa shape index (κ3) is 4.41. The highest BCUT2D eigenvalue weighted by molar-refractivity contribution is 9.11. The lowest BCUT2D eigenvalue weighted by Crippen LogP contribution is -2.41. The molecule has 0 aromatic heterocycles. The van der Waals surface area contributed by atoms with Crippen molar-refractivity contribution in [3.8, 4) is 0 Å². The molecule has 0 spiro atoms. The van der Waals surface area contributed by atoms with E-state index in [2.05, 4.69) is 37.2 Å². The highest BCUT2D eigenvalue weighted by Crippen LogP contribution is 2.20. The Morgan fingerprint density at radius 3 is 2.24 bits per heavy atom. The summed E-state index contributed by atoms with van der Waals surface area (Å²) in [4.78, 5) is 12.0. The molecule has 2 N–H and O–H groups in total. The average molecular weight is 365 g/mol. The molecule has 0 heterocycles. The molecule has 0 saturated heterocycles. The van der Waals surface area contributed by atoms with Crippen molar-refractivity contribution in [2.24, 2.45) is 5.92 Å². The second kappa shape index (κ2) is 6.52. The van der Waals surface area contributed by atoms with E-state index in [1.807, 2.05) is 19.9 Å². The molecule has 0 bridgehead atoms. The summed E-state index contributed by atoms with van der Waals surface area (Å²) < 4.78 is 1.67. The van der Waals surface area contributed by atoms with Gasteiger partial charge < -0.3 is 10.4 Å². The SMILES string of the molecule is CC(C)[C@@H](CO)NC(=O)c1cc(Br)cc(Br)c1. The van der Waals surface area contributed by atoms with Crippen LogP contribution in [0.3, 0.4) is 0 Å². The number of nitrogens with one attached hydrogen (secondary N) is 1. The first-order valence-corrected chi connectivity index (χ1v) is 6.90. The molecule has 0 fully saturated rings. The first-order valence-electron chi connectivity index (χ1n) is 5.32. The Morgan fingerprint density at radius 1 is 1.29 bits per heavy atom. The minimum absolute atomic E-state index is 0.0570. The van der Waals surface area contributed by atoms with E-state index < -0.39 is 0 Å². The highest BCUT2D eigenvalue weighted by atomic mass is 79.9. The normalized spacial score (nSPS) is 12.6. The van der Waals surface area contributed by atoms with E-state index in [1.54, 1.807) is 12.1 Å². The molecule has 1 rings (SSSR count). The molecule has 94 valence electrons. The number of hydrogen-bond donors (Lipinski definition) is 2. The van der Waals surface area contributed by atoms with Crippen LogP contribution in [-0.2, 0) is 0 Å². The number of rotatable bonds is 4. The van der Waals surface area contributed by atoms with Gasteiger partial charge in [0.1, 0.15) is 0 Å². The number of benzene rings is 1. The Morgan fingerprint density at radius 2 is 1.82 bits per heavy atom. The van der Waals surface area contributed by atoms with E-state index in [4.69, 9.17) is 5.11 Å². The summed E-state index contributed by atoms with van der Waals surface area (Å²) in [6.45, 7) is 3.86. The number of aliphatic hydroxyl groups excluding tert-OH is 1. The van der Waals surface area contributed by atoms with Crippen molar-refractivity contribution in [1.29, 1.82) is 0 Å². The van der Waals surface area contributed by atoms with Crippen LogP contribution in [0.1, 0.15) is 24.2 Å². The lowest BCUT2D eigenvalue weighted by Gasteiger charge is -2.20. The predicted octanol–water partition coefficient (Wildman–Crippen LogP) is 2.96. The Kier molecular flexibility index (Phi) is 5.62. The van der Waals surface area contributed by atoms with Crippen LogP contribution in [0.2, 0.25) is 0 Å². The van der Waals surface area contributed by atoms with Gasteiger partial charge in [0.2, 0.25) is 0 Å². The van der Waals surface area contributed by atoms with E-state index in [9.17, 15) is 4.79 Å². The van der Waals surface area contributed by atoms with E-state index in [-0.39, 0.29) is 24.5 Å². The molecule has 5 heteroatoms. The molecular weight excluding hydrogens is 350 g/mol. The van der Waals surface area contributed by atoms with Gasteiger partial charge in [0.05, 0.1) is 12.6 Å². The number of aliphatic hydroxyl groups is 1. The molecule has 0 aliphatic rings. The molecule has 1 amide bonds. The van der Waals surface area contributed by atoms with E-state index in [0.29, 0.717) is 5.56 Å². The lowest BCUT2D eigenvalue weighted by atomic mass is 10.0. The fourth-order valence-electron chi connectivity index (χ4n) is 1.36. The van der Waals surface area contributed by atoms with Gasteiger partial charge in [-0.3, -0.25) is 4.79 Å². The van der Waals surface area contributed by atoms with Gasteiger partial charge in [0.25, 0.3) is 5.91 Å². The lowest BCUT2D eigenvalue weighted by molar-refractivity contribution is 0.0896. The molecular formula is C12H15Br2NO2. The monoisotopic (exact) mass is 363 g/mol. The summed E-state index contributed by atoms with van der Waals surface area (Å²) >= 11 is 6.67. The van der Waals surface area contributed by atoms with Crippen molar-refractivity contribution in [1.82, 2.24) is 5.32 Å². The van der Waals surface area contributed by atoms with Crippen LogP contribution in [0.25, 0.3) is 0 Å². The summed E-state index contributed by atoms with van der Waals surface area (Å²) in [5.74, 6) is 0.0132. The maximum Gasteiger partial charge on any atom is 0.251 e. The summed E-state index contributed by atoms with van der Waals surface area (Å²) in [7, 11) is 0. The fourth-order valence-corrected chi connectivity index (χ4v) is 2.65. The van der Waals surface area contributed by atoms with Crippen LogP contribution in [0.15, 0.2) is 27.1 Å². The minimum atomic E-state index is -0.222. The molecule has 0 unspecified atom stereocenters. The van der Waals surface area contributed by atoms with E-state index in [0.717, 1.165) is 8.95 Å². The first-order chi connectivity index (χ1) is 7.93. The van der Waals surface area contributed by atoms with Gasteiger partial charge in [0, 0.05) is 14.5 Å². The summed E-state index contributed by atoms with van der Waals surface area (Å²) in [6, 6.07) is 5.13. The molecule has 0 aliphatic heterocycles. The van der Waals surface area contributed by atoms with E-state index >= 15 is 0 Å². The summed E-state index contributed by atoms with van der Waals surface area (Å²) in [5, 5.41) is 12.0. The Labute approximate surface area is 118 Å². The highest BCUT2D eigenvalue weighted by Gasteiger charge is 2.16. The van der Waals surface area contributed by atoms with Crippen LogP contribution >= 0.6 is 31.9 Å². The molecule has 0 saturated carbocycles. The smallest absolute Gasteiger partial charge is 0.251 e. The minimum Gasteiger partial charge on any atom is -0.394 e. The largest absolute Gasteiger partial charge is 0.394 e. The van der Waals surface area contributed by atoms with Crippen molar-refractivity contribution in [3.05, 3.63) is 32.7 Å². The molecule has 1 aromatic carbocycles. The second-order valence-corrected chi connectivity index (χ2v) is 6.00. The van der Waals surface area contributed by atoms with Gasteiger partial charge in [-0.1, -0.05) is 45.7 Å². The van der Waals surface area contributed by atoms with Crippen molar-refractivity contribution in [2.45, 2.75) is 19.9 Å². The molecule has 17 heavy (non-hydrogen) atoms. The molecule has 0 aliphatic carbocycles. The van der Waals surface area contributed by atoms with Gasteiger partial charge in [-0.25, -0.2) is 0 Å². The Balaban J connectivity index is 2.82. The third-order valence-corrected chi connectivity index (χ3v) is 3.36. The fraction of sp³-hybridized carbons (Fsp3) is 0.417. The number of hydrogen-bond acceptors (Lipinski definition) is 2. The number of amides is 1. The number of carbonyl (C=O) groups is 1. The number of carbonyl (C=O) groups excluding carboxylic acids is 1. The van der Waals surface area contributed by atoms with Crippen LogP contribution in [0.5, 0.6) is 0 Å². The first kappa shape index (κ1) is 14.7. The van der Waals surface area contributed by atoms with Crippen molar-refractivity contribution >= 4 is 37.8 Å². The zero-order chi connectivity index (χ0) is 13.0. The van der Waals surface area contributed by atoms with Crippen LogP contribution in [0.4, 0.5) is 0 Å². The van der Waals surface area contributed by atoms with Crippen molar-refractivity contribution in [2.75, 3.05) is 6.61 Å². The maximum absolute atomic E-state index is 12.0. The van der Waals surface area contributed by atoms with Crippen LogP contribution < -0.4 is 5.32 Å². The van der Waals surface area contributed by atoms with Crippen molar-refractivity contribution in [3.63, 3.8) is 0 Å². The van der Waals surface area contributed by atoms with Crippen LogP contribution in [0, 0.1) is 5.92 Å². The molecule has 0 radical (unpaired) electrons. The number of halogens is 2. The predicted molar refractivity (Wildman–Crippen MR) is 75.0 cm³/mol. The Hall–Kier alpha value is -0.390. The topological polar surface area (TPSA) is 49.3 Å². The van der Waals surface area contributed by atoms with Gasteiger partial charge in [-0.05, 0) is 24.1 Å². The van der Waals surface area contributed by atoms with Gasteiger partial charge in [-0.2, -0.15) is 0 Å². The van der Waals surface area contributed by atoms with Gasteiger partial charge >= 0.3 is 0 Å². The summed E-state index contributed by atoms with van der Waals surface area (Å²) in [5.41, 5.74) is 0.561. The van der Waals surface area contributed by atoms with Crippen molar-refractivity contribution < 1.29 is 9.90 Å². The zero-order valence-electron chi connectivity index (χ0n) is 9.71. The zero-order valence-corrected chi connectivity index (χ0v) is 12.9. The molecule has 1 atom stereocenters. The van der Waals surface area contributed by atoms with E-state index in [1.165, 1.54) is 0 Å². The van der Waals surface area contributed by atoms with Gasteiger partial charge in [-0.15, -0.1) is 0 Å². The Bertz CT molecular complexity index is 387. The standard InChI is InChI=1S/C12H15Br2NO2/c1-7(2)11(6-16)15-12(17)8-3-9(13)5-10(14)4-8/h3-5,7,11,16H,6H2,1-2H3,(H,15,17)/t11-/m1/s1. The van der Waals surface area contributed by atoms with Gasteiger partial charge in [0.15, 0.2) is 0 Å². The van der Waals surface area contributed by atoms with Crippen LogP contribution in [-0.4, -0.2) is 23.7 Å². The maximum atomic E-state index is 12.0. The quantitative estimate of drug-likeness (QED) is 0.862. The average Bonchev–Trinajstić information content (AvgIpc) is 2.23. The molecule has 1 aromatic rings. The summed E-state index contributed by atoms with van der Waals surface area (Å²) in [6.07, 6.45) is 0. The molecule has 3 nitrogen and oxygen atoms in total. The third-order valence-electron chi connectivity index (χ3n) is 2.44.